The van der Waals surface area contributed by atoms with Crippen molar-refractivity contribution in [3.05, 3.63) is 5.89 Å². The van der Waals surface area contributed by atoms with Crippen LogP contribution < -0.4 is 16.0 Å². The number of amides is 2. The molecule has 0 bridgehead atoms. The smallest absolute Gasteiger partial charge is 0.316 e. The van der Waals surface area contributed by atoms with Crippen molar-refractivity contribution < 1.29 is 14.0 Å². The number of aromatic nitrogens is 2. The van der Waals surface area contributed by atoms with Gasteiger partial charge in [-0.2, -0.15) is 0 Å². The molecule has 98 valence electrons. The third-order valence-electron chi connectivity index (χ3n) is 2.53. The summed E-state index contributed by atoms with van der Waals surface area (Å²) in [5, 5.41) is 15.7. The van der Waals surface area contributed by atoms with E-state index in [1.807, 2.05) is 6.92 Å². The molecular weight excluding hydrogens is 238 g/mol. The van der Waals surface area contributed by atoms with E-state index >= 15 is 0 Å². The van der Waals surface area contributed by atoms with Gasteiger partial charge in [-0.1, -0.05) is 12.0 Å². The van der Waals surface area contributed by atoms with Crippen molar-refractivity contribution in [3.63, 3.8) is 0 Å². The van der Waals surface area contributed by atoms with E-state index in [1.54, 1.807) is 0 Å². The monoisotopic (exact) mass is 253 g/mol. The molecule has 1 unspecified atom stereocenters. The highest BCUT2D eigenvalue weighted by Crippen LogP contribution is 2.12. The van der Waals surface area contributed by atoms with Gasteiger partial charge in [-0.15, -0.1) is 5.10 Å². The summed E-state index contributed by atoms with van der Waals surface area (Å²) in [6.45, 7) is 3.26. The molecule has 0 spiro atoms. The topological polar surface area (TPSA) is 109 Å². The SMILES string of the molecule is CCNCc1nnc(NC2CCC(=O)NC2=O)o1. The minimum absolute atomic E-state index is 0.192. The van der Waals surface area contributed by atoms with Crippen LogP contribution in [0.25, 0.3) is 0 Å². The standard InChI is InChI=1S/C10H15N5O3/c1-2-11-5-8-14-15-10(18-8)12-6-3-4-7(16)13-9(6)17/h6,11H,2-5H2,1H3,(H,12,15)(H,13,16,17). The second-order valence-corrected chi connectivity index (χ2v) is 3.93. The van der Waals surface area contributed by atoms with Gasteiger partial charge in [0.25, 0.3) is 0 Å². The van der Waals surface area contributed by atoms with Crippen molar-refractivity contribution in [2.75, 3.05) is 11.9 Å². The molecule has 1 aliphatic heterocycles. The fourth-order valence-electron chi connectivity index (χ4n) is 1.60. The number of imide groups is 1. The molecule has 8 nitrogen and oxygen atoms in total. The maximum Gasteiger partial charge on any atom is 0.316 e. The van der Waals surface area contributed by atoms with E-state index in [4.69, 9.17) is 4.42 Å². The minimum atomic E-state index is -0.505. The number of nitrogens with zero attached hydrogens (tertiary/aromatic N) is 2. The quantitative estimate of drug-likeness (QED) is 0.601. The summed E-state index contributed by atoms with van der Waals surface area (Å²) in [7, 11) is 0. The summed E-state index contributed by atoms with van der Waals surface area (Å²) in [5.74, 6) is -0.166. The molecule has 2 amide bonds. The van der Waals surface area contributed by atoms with Crippen LogP contribution in [0.3, 0.4) is 0 Å². The molecule has 2 rings (SSSR count). The number of carbonyl (C=O) groups is 2. The number of piperidine rings is 1. The van der Waals surface area contributed by atoms with Gasteiger partial charge >= 0.3 is 6.01 Å². The molecule has 1 atom stereocenters. The Kier molecular flexibility index (Phi) is 3.88. The Morgan fingerprint density at radius 2 is 2.28 bits per heavy atom. The molecule has 1 aromatic heterocycles. The average molecular weight is 253 g/mol. The van der Waals surface area contributed by atoms with Crippen molar-refractivity contribution >= 4 is 17.8 Å². The molecule has 2 heterocycles. The molecule has 1 fully saturated rings. The Bertz CT molecular complexity index is 444. The van der Waals surface area contributed by atoms with E-state index in [9.17, 15) is 9.59 Å². The van der Waals surface area contributed by atoms with Crippen LogP contribution in [-0.4, -0.2) is 34.6 Å². The molecule has 0 saturated carbocycles. The largest absolute Gasteiger partial charge is 0.407 e. The maximum absolute atomic E-state index is 11.5. The van der Waals surface area contributed by atoms with Crippen molar-refractivity contribution in [2.45, 2.75) is 32.4 Å². The lowest BCUT2D eigenvalue weighted by molar-refractivity contribution is -0.133. The number of rotatable bonds is 5. The Morgan fingerprint density at radius 3 is 3.00 bits per heavy atom. The third kappa shape index (κ3) is 3.04. The van der Waals surface area contributed by atoms with Gasteiger partial charge in [0.15, 0.2) is 0 Å². The summed E-state index contributed by atoms with van der Waals surface area (Å²) in [6.07, 6.45) is 0.734. The first kappa shape index (κ1) is 12.5. The molecule has 3 N–H and O–H groups in total. The van der Waals surface area contributed by atoms with Gasteiger partial charge in [-0.25, -0.2) is 0 Å². The van der Waals surface area contributed by atoms with Gasteiger partial charge in [0.2, 0.25) is 17.7 Å². The predicted molar refractivity (Wildman–Crippen MR) is 61.5 cm³/mol. The van der Waals surface area contributed by atoms with Crippen LogP contribution in [0.1, 0.15) is 25.7 Å². The Morgan fingerprint density at radius 1 is 1.44 bits per heavy atom. The first-order valence-corrected chi connectivity index (χ1v) is 5.82. The van der Waals surface area contributed by atoms with Crippen LogP contribution in [0, 0.1) is 0 Å². The Labute approximate surface area is 104 Å². The molecule has 0 aliphatic carbocycles. The van der Waals surface area contributed by atoms with E-state index in [-0.39, 0.29) is 17.8 Å². The summed E-state index contributed by atoms with van der Waals surface area (Å²) < 4.78 is 5.30. The van der Waals surface area contributed by atoms with Gasteiger partial charge in [-0.3, -0.25) is 14.9 Å². The summed E-state index contributed by atoms with van der Waals surface area (Å²) >= 11 is 0. The van der Waals surface area contributed by atoms with Crippen LogP contribution in [0.4, 0.5) is 6.01 Å². The normalized spacial score (nSPS) is 19.7. The molecule has 0 radical (unpaired) electrons. The van der Waals surface area contributed by atoms with Crippen molar-refractivity contribution in [2.24, 2.45) is 0 Å². The van der Waals surface area contributed by atoms with Gasteiger partial charge in [0.05, 0.1) is 6.54 Å². The molecular formula is C10H15N5O3. The molecule has 18 heavy (non-hydrogen) atoms. The maximum atomic E-state index is 11.5. The number of hydrogen-bond donors (Lipinski definition) is 3. The molecule has 1 aromatic rings. The second kappa shape index (κ2) is 5.58. The second-order valence-electron chi connectivity index (χ2n) is 3.93. The first-order chi connectivity index (χ1) is 8.69. The van der Waals surface area contributed by atoms with Crippen LogP contribution >= 0.6 is 0 Å². The number of nitrogens with one attached hydrogen (secondary N) is 3. The fourth-order valence-corrected chi connectivity index (χ4v) is 1.60. The van der Waals surface area contributed by atoms with E-state index < -0.39 is 6.04 Å². The Hall–Kier alpha value is -1.96. The molecule has 1 aliphatic rings. The van der Waals surface area contributed by atoms with Crippen LogP contribution in [0.2, 0.25) is 0 Å². The van der Waals surface area contributed by atoms with Gasteiger partial charge in [-0.05, 0) is 13.0 Å². The van der Waals surface area contributed by atoms with Crippen molar-refractivity contribution in [1.29, 1.82) is 0 Å². The number of hydrogen-bond acceptors (Lipinski definition) is 7. The summed E-state index contributed by atoms with van der Waals surface area (Å²) in [6, 6.07) is -0.312. The summed E-state index contributed by atoms with van der Waals surface area (Å²) in [4.78, 5) is 22.5. The van der Waals surface area contributed by atoms with Crippen LogP contribution in [0.15, 0.2) is 4.42 Å². The zero-order valence-corrected chi connectivity index (χ0v) is 10.0. The number of carbonyl (C=O) groups excluding carboxylic acids is 2. The fraction of sp³-hybridized carbons (Fsp3) is 0.600. The summed E-state index contributed by atoms with van der Waals surface area (Å²) in [5.41, 5.74) is 0. The minimum Gasteiger partial charge on any atom is -0.407 e. The van der Waals surface area contributed by atoms with E-state index in [0.29, 0.717) is 25.3 Å². The third-order valence-corrected chi connectivity index (χ3v) is 2.53. The van der Waals surface area contributed by atoms with E-state index in [2.05, 4.69) is 26.1 Å². The van der Waals surface area contributed by atoms with Crippen molar-refractivity contribution in [1.82, 2.24) is 20.8 Å². The lowest BCUT2D eigenvalue weighted by atomic mass is 10.1. The lowest BCUT2D eigenvalue weighted by Crippen LogP contribution is -2.47. The van der Waals surface area contributed by atoms with E-state index in [1.165, 1.54) is 0 Å². The number of anilines is 1. The van der Waals surface area contributed by atoms with Gasteiger partial charge < -0.3 is 15.1 Å². The van der Waals surface area contributed by atoms with E-state index in [0.717, 1.165) is 6.54 Å². The lowest BCUT2D eigenvalue weighted by Gasteiger charge is -2.20. The molecule has 0 aromatic carbocycles. The van der Waals surface area contributed by atoms with Crippen molar-refractivity contribution in [3.8, 4) is 0 Å². The van der Waals surface area contributed by atoms with Gasteiger partial charge in [0.1, 0.15) is 6.04 Å². The Balaban J connectivity index is 1.91. The highest BCUT2D eigenvalue weighted by molar-refractivity contribution is 6.01. The highest BCUT2D eigenvalue weighted by Gasteiger charge is 2.27. The van der Waals surface area contributed by atoms with Gasteiger partial charge in [0, 0.05) is 6.42 Å². The molecule has 1 saturated heterocycles. The molecule has 8 heteroatoms. The predicted octanol–water partition coefficient (Wildman–Crippen LogP) is -0.604. The highest BCUT2D eigenvalue weighted by atomic mass is 16.4. The average Bonchev–Trinajstić information content (AvgIpc) is 2.78. The van der Waals surface area contributed by atoms with Crippen LogP contribution in [-0.2, 0) is 16.1 Å². The zero-order chi connectivity index (χ0) is 13.0. The first-order valence-electron chi connectivity index (χ1n) is 5.82. The zero-order valence-electron chi connectivity index (χ0n) is 10.0. The van der Waals surface area contributed by atoms with Crippen LogP contribution in [0.5, 0.6) is 0 Å².